The molecule has 1 aromatic heterocycles. The van der Waals surface area contributed by atoms with Crippen molar-refractivity contribution < 1.29 is 14.2 Å². The van der Waals surface area contributed by atoms with E-state index in [9.17, 15) is 4.79 Å². The van der Waals surface area contributed by atoms with E-state index in [1.807, 2.05) is 24.9 Å². The molecule has 0 amide bonds. The van der Waals surface area contributed by atoms with Crippen molar-refractivity contribution in [2.45, 2.75) is 19.9 Å². The maximum Gasteiger partial charge on any atom is 0.299 e. The fourth-order valence-electron chi connectivity index (χ4n) is 1.42. The Labute approximate surface area is 83.1 Å². The van der Waals surface area contributed by atoms with Gasteiger partial charge >= 0.3 is 0 Å². The van der Waals surface area contributed by atoms with Crippen LogP contribution >= 0.6 is 0 Å². The van der Waals surface area contributed by atoms with Crippen LogP contribution in [0.1, 0.15) is 12.0 Å². The van der Waals surface area contributed by atoms with E-state index in [-0.39, 0.29) is 0 Å². The summed E-state index contributed by atoms with van der Waals surface area (Å²) in [6.07, 6.45) is 2.84. The molecule has 0 aliphatic rings. The van der Waals surface area contributed by atoms with E-state index in [2.05, 4.69) is 0 Å². The first-order valence-electron chi connectivity index (χ1n) is 4.57. The van der Waals surface area contributed by atoms with E-state index in [0.717, 1.165) is 18.5 Å². The lowest BCUT2D eigenvalue weighted by molar-refractivity contribution is -0.773. The van der Waals surface area contributed by atoms with Crippen molar-refractivity contribution in [2.24, 2.45) is 12.8 Å². The molecule has 0 atom stereocenters. The van der Waals surface area contributed by atoms with Crippen LogP contribution in [0.15, 0.2) is 6.20 Å². The topological polar surface area (TPSA) is 61.1 Å². The van der Waals surface area contributed by atoms with Gasteiger partial charge in [0.15, 0.2) is 6.54 Å². The highest BCUT2D eigenvalue weighted by atomic mass is 16.5. The van der Waals surface area contributed by atoms with Crippen LogP contribution in [0.3, 0.4) is 0 Å². The van der Waals surface area contributed by atoms with Crippen molar-refractivity contribution in [3.63, 3.8) is 0 Å². The van der Waals surface area contributed by atoms with E-state index < -0.39 is 0 Å². The first-order valence-corrected chi connectivity index (χ1v) is 4.57. The molecule has 0 saturated carbocycles. The van der Waals surface area contributed by atoms with Crippen molar-refractivity contribution in [1.82, 2.24) is 4.68 Å². The molecule has 1 aromatic rings. The summed E-state index contributed by atoms with van der Waals surface area (Å²) in [4.78, 5) is 10.2. The highest BCUT2D eigenvalue weighted by molar-refractivity contribution is 5.44. The smallest absolute Gasteiger partial charge is 0.299 e. The van der Waals surface area contributed by atoms with Crippen LogP contribution in [0, 0.1) is 6.92 Å². The average Bonchev–Trinajstić information content (AvgIpc) is 2.43. The summed E-state index contributed by atoms with van der Waals surface area (Å²) < 4.78 is 8.64. The highest BCUT2D eigenvalue weighted by Gasteiger charge is 2.16. The minimum atomic E-state index is 0.440. The Morgan fingerprint density at radius 3 is 3.00 bits per heavy atom. The van der Waals surface area contributed by atoms with E-state index >= 15 is 0 Å². The Hall–Kier alpha value is -1.36. The van der Waals surface area contributed by atoms with Gasteiger partial charge in [0.25, 0.3) is 12.4 Å². The number of aryl methyl sites for hydroxylation is 2. The van der Waals surface area contributed by atoms with E-state index in [0.29, 0.717) is 18.9 Å². The summed E-state index contributed by atoms with van der Waals surface area (Å²) >= 11 is 0. The molecule has 0 spiro atoms. The van der Waals surface area contributed by atoms with Gasteiger partial charge in [0.1, 0.15) is 0 Å². The first kappa shape index (κ1) is 10.7. The zero-order valence-corrected chi connectivity index (χ0v) is 8.56. The van der Waals surface area contributed by atoms with Crippen molar-refractivity contribution in [2.75, 3.05) is 6.54 Å². The molecule has 0 aromatic carbocycles. The second kappa shape index (κ2) is 4.76. The standard InChI is InChI=1S/C9H16N3O2/c1-8-6-12(5-3-4-10)11(2)9(8)14-7-13/h6-7H,3-5,10H2,1-2H3/q+1. The maximum atomic E-state index is 10.2. The summed E-state index contributed by atoms with van der Waals surface area (Å²) in [5.41, 5.74) is 6.36. The summed E-state index contributed by atoms with van der Waals surface area (Å²) in [6.45, 7) is 3.82. The molecule has 5 nitrogen and oxygen atoms in total. The number of carbonyl (C=O) groups is 1. The summed E-state index contributed by atoms with van der Waals surface area (Å²) in [5, 5.41) is 0. The van der Waals surface area contributed by atoms with Gasteiger partial charge < -0.3 is 10.5 Å². The average molecular weight is 198 g/mol. The van der Waals surface area contributed by atoms with Crippen LogP contribution in [0.25, 0.3) is 0 Å². The molecular formula is C9H16N3O2+. The molecule has 0 saturated heterocycles. The number of carbonyl (C=O) groups excluding carboxylic acids is 1. The molecule has 0 aliphatic carbocycles. The lowest BCUT2D eigenvalue weighted by Gasteiger charge is -1.98. The number of nitrogens with two attached hydrogens (primary N) is 1. The zero-order chi connectivity index (χ0) is 10.6. The van der Waals surface area contributed by atoms with Gasteiger partial charge in [-0.2, -0.15) is 0 Å². The summed E-state index contributed by atoms with van der Waals surface area (Å²) in [7, 11) is 1.85. The zero-order valence-electron chi connectivity index (χ0n) is 8.56. The van der Waals surface area contributed by atoms with Crippen molar-refractivity contribution in [3.8, 4) is 5.88 Å². The van der Waals surface area contributed by atoms with Crippen molar-refractivity contribution in [3.05, 3.63) is 11.8 Å². The van der Waals surface area contributed by atoms with Gasteiger partial charge in [-0.25, -0.2) is 0 Å². The van der Waals surface area contributed by atoms with Crippen LogP contribution in [0.5, 0.6) is 5.88 Å². The van der Waals surface area contributed by atoms with Crippen molar-refractivity contribution in [1.29, 1.82) is 0 Å². The number of hydrogen-bond donors (Lipinski definition) is 1. The van der Waals surface area contributed by atoms with Crippen LogP contribution in [-0.2, 0) is 18.4 Å². The van der Waals surface area contributed by atoms with E-state index in [4.69, 9.17) is 10.5 Å². The van der Waals surface area contributed by atoms with Crippen LogP contribution < -0.4 is 15.2 Å². The largest absolute Gasteiger partial charge is 0.406 e. The molecule has 0 bridgehead atoms. The van der Waals surface area contributed by atoms with E-state index in [1.54, 1.807) is 4.68 Å². The van der Waals surface area contributed by atoms with Crippen LogP contribution in [-0.4, -0.2) is 17.7 Å². The molecule has 14 heavy (non-hydrogen) atoms. The van der Waals surface area contributed by atoms with Crippen LogP contribution in [0.4, 0.5) is 0 Å². The monoisotopic (exact) mass is 198 g/mol. The number of rotatable bonds is 5. The molecular weight excluding hydrogens is 182 g/mol. The summed E-state index contributed by atoms with van der Waals surface area (Å²) in [5.74, 6) is 0.581. The van der Waals surface area contributed by atoms with Gasteiger partial charge in [0, 0.05) is 6.42 Å². The summed E-state index contributed by atoms with van der Waals surface area (Å²) in [6, 6.07) is 0. The number of ether oxygens (including phenoxy) is 1. The minimum Gasteiger partial charge on any atom is -0.406 e. The Kier molecular flexibility index (Phi) is 3.64. The van der Waals surface area contributed by atoms with E-state index in [1.165, 1.54) is 0 Å². The third-order valence-corrected chi connectivity index (χ3v) is 2.11. The SMILES string of the molecule is Cc1c[n+](CCCN)n(C)c1OC=O. The number of hydrogen-bond acceptors (Lipinski definition) is 3. The Morgan fingerprint density at radius 1 is 1.71 bits per heavy atom. The lowest BCUT2D eigenvalue weighted by Crippen LogP contribution is -2.42. The van der Waals surface area contributed by atoms with Gasteiger partial charge in [0.2, 0.25) is 6.20 Å². The Bertz CT molecular complexity index is 320. The normalized spacial score (nSPS) is 10.2. The Balaban J connectivity index is 2.86. The molecule has 78 valence electrons. The highest BCUT2D eigenvalue weighted by Crippen LogP contribution is 2.13. The predicted molar refractivity (Wildman–Crippen MR) is 50.7 cm³/mol. The number of nitrogens with zero attached hydrogens (tertiary/aromatic N) is 2. The van der Waals surface area contributed by atoms with Crippen molar-refractivity contribution >= 4 is 6.47 Å². The van der Waals surface area contributed by atoms with Gasteiger partial charge in [-0.1, -0.05) is 0 Å². The maximum absolute atomic E-state index is 10.2. The first-order chi connectivity index (χ1) is 6.70. The second-order valence-corrected chi connectivity index (χ2v) is 3.16. The molecule has 1 rings (SSSR count). The molecule has 0 aliphatic heterocycles. The third-order valence-electron chi connectivity index (χ3n) is 2.11. The molecule has 5 heteroatoms. The third kappa shape index (κ3) is 2.11. The van der Waals surface area contributed by atoms with Gasteiger partial charge in [-0.3, -0.25) is 4.79 Å². The van der Waals surface area contributed by atoms with Gasteiger partial charge in [0.05, 0.1) is 12.6 Å². The molecule has 2 N–H and O–H groups in total. The fourth-order valence-corrected chi connectivity index (χ4v) is 1.42. The lowest BCUT2D eigenvalue weighted by atomic mass is 10.4. The quantitative estimate of drug-likeness (QED) is 0.513. The molecule has 0 unspecified atom stereocenters. The molecule has 1 heterocycles. The van der Waals surface area contributed by atoms with Gasteiger partial charge in [-0.15, -0.1) is 9.36 Å². The van der Waals surface area contributed by atoms with Gasteiger partial charge in [-0.05, 0) is 13.5 Å². The molecule has 0 radical (unpaired) electrons. The fraction of sp³-hybridized carbons (Fsp3) is 0.556. The molecule has 0 fully saturated rings. The predicted octanol–water partition coefficient (Wildman–Crippen LogP) is -0.495. The minimum absolute atomic E-state index is 0.440. The van der Waals surface area contributed by atoms with Crippen LogP contribution in [0.2, 0.25) is 0 Å². The Morgan fingerprint density at radius 2 is 2.43 bits per heavy atom. The number of aromatic nitrogens is 2. The second-order valence-electron chi connectivity index (χ2n) is 3.16.